The van der Waals surface area contributed by atoms with E-state index in [-0.39, 0.29) is 27.9 Å². The highest BCUT2D eigenvalue weighted by atomic mass is 32.1. The van der Waals surface area contributed by atoms with Crippen molar-refractivity contribution in [2.45, 2.75) is 45.6 Å². The topological polar surface area (TPSA) is 130 Å². The minimum atomic E-state index is -0.986. The molecule has 3 heterocycles. The number of imide groups is 1. The van der Waals surface area contributed by atoms with Gasteiger partial charge in [0.2, 0.25) is 5.91 Å². The third kappa shape index (κ3) is 4.74. The van der Waals surface area contributed by atoms with Gasteiger partial charge in [0.25, 0.3) is 5.91 Å². The van der Waals surface area contributed by atoms with E-state index in [9.17, 15) is 19.2 Å². The minimum Gasteiger partial charge on any atom is -0.465 e. The molecule has 4 rings (SSSR count). The highest BCUT2D eigenvalue weighted by Crippen LogP contribution is 2.46. The van der Waals surface area contributed by atoms with Crippen LogP contribution in [0, 0.1) is 11.3 Å². The van der Waals surface area contributed by atoms with Crippen molar-refractivity contribution in [2.24, 2.45) is 11.3 Å². The molecule has 4 amide bonds. The first-order chi connectivity index (χ1) is 16.0. The van der Waals surface area contributed by atoms with Crippen molar-refractivity contribution >= 4 is 46.1 Å². The molecule has 186 valence electrons. The van der Waals surface area contributed by atoms with Gasteiger partial charge in [0.15, 0.2) is 15.8 Å². The van der Waals surface area contributed by atoms with Gasteiger partial charge in [-0.25, -0.2) is 14.6 Å². The number of urea groups is 1. The number of nitrogens with zero attached hydrogens (tertiary/aromatic N) is 3. The maximum Gasteiger partial charge on any atom is 0.352 e. The van der Waals surface area contributed by atoms with E-state index in [1.165, 1.54) is 7.11 Å². The first-order valence-corrected chi connectivity index (χ1v) is 12.2. The molecule has 1 aromatic rings. The minimum absolute atomic E-state index is 0.0533. The highest BCUT2D eigenvalue weighted by molar-refractivity contribution is 7.18. The number of carbonyl (C=O) groups is 4. The molecule has 2 atom stereocenters. The van der Waals surface area contributed by atoms with Gasteiger partial charge in [0.05, 0.1) is 20.3 Å². The van der Waals surface area contributed by atoms with Gasteiger partial charge in [-0.3, -0.25) is 14.5 Å². The van der Waals surface area contributed by atoms with Gasteiger partial charge in [-0.1, -0.05) is 32.1 Å². The van der Waals surface area contributed by atoms with Crippen LogP contribution in [0.5, 0.6) is 0 Å². The normalized spacial score (nSPS) is 26.5. The molecule has 0 unspecified atom stereocenters. The van der Waals surface area contributed by atoms with E-state index in [1.54, 1.807) is 0 Å². The second-order valence-electron chi connectivity index (χ2n) is 10.1. The number of hydrogen-bond acceptors (Lipinski definition) is 9. The van der Waals surface area contributed by atoms with Crippen molar-refractivity contribution < 1.29 is 28.7 Å². The molecular weight excluding hydrogens is 462 g/mol. The Morgan fingerprint density at radius 1 is 1.26 bits per heavy atom. The summed E-state index contributed by atoms with van der Waals surface area (Å²) in [4.78, 5) is 58.6. The zero-order chi connectivity index (χ0) is 24.7. The van der Waals surface area contributed by atoms with Gasteiger partial charge in [0, 0.05) is 13.1 Å². The fraction of sp³-hybridized carbons (Fsp3) is 0.682. The van der Waals surface area contributed by atoms with E-state index in [0.717, 1.165) is 22.7 Å². The molecule has 2 N–H and O–H groups in total. The Kier molecular flexibility index (Phi) is 6.56. The lowest BCUT2D eigenvalue weighted by Crippen LogP contribution is -2.54. The van der Waals surface area contributed by atoms with Crippen molar-refractivity contribution in [3.05, 3.63) is 4.88 Å². The largest absolute Gasteiger partial charge is 0.465 e. The van der Waals surface area contributed by atoms with Gasteiger partial charge < -0.3 is 25.0 Å². The molecule has 2 aliphatic heterocycles. The number of esters is 1. The SMILES string of the molecule is COC(=O)c1sc(N2CCOCC2)nc1NC(=O)CN1C(=O)N[C@@]2(C[C@@H](C)CC(C)(C)C2)C1=O. The van der Waals surface area contributed by atoms with E-state index >= 15 is 0 Å². The molecular formula is C22H31N5O6S. The average molecular weight is 494 g/mol. The van der Waals surface area contributed by atoms with Crippen LogP contribution in [-0.2, 0) is 19.1 Å². The molecule has 0 aromatic carbocycles. The number of amides is 4. The second kappa shape index (κ2) is 9.14. The van der Waals surface area contributed by atoms with Crippen molar-refractivity contribution in [3.63, 3.8) is 0 Å². The highest BCUT2D eigenvalue weighted by Gasteiger charge is 2.56. The lowest BCUT2D eigenvalue weighted by Gasteiger charge is -2.43. The quantitative estimate of drug-likeness (QED) is 0.469. The number of methoxy groups -OCH3 is 1. The van der Waals surface area contributed by atoms with Crippen LogP contribution in [0.15, 0.2) is 0 Å². The molecule has 34 heavy (non-hydrogen) atoms. The van der Waals surface area contributed by atoms with Crippen molar-refractivity contribution in [2.75, 3.05) is 50.2 Å². The summed E-state index contributed by atoms with van der Waals surface area (Å²) in [6.45, 7) is 8.08. The van der Waals surface area contributed by atoms with Crippen molar-refractivity contribution in [3.8, 4) is 0 Å². The second-order valence-corrected chi connectivity index (χ2v) is 11.0. The maximum atomic E-state index is 13.3. The van der Waals surface area contributed by atoms with Gasteiger partial charge in [-0.05, 0) is 30.6 Å². The Morgan fingerprint density at radius 3 is 2.62 bits per heavy atom. The third-order valence-electron chi connectivity index (χ3n) is 6.45. The summed E-state index contributed by atoms with van der Waals surface area (Å²) in [6.07, 6.45) is 2.03. The van der Waals surface area contributed by atoms with Crippen LogP contribution in [0.1, 0.15) is 49.7 Å². The number of rotatable bonds is 5. The fourth-order valence-electron chi connectivity index (χ4n) is 5.48. The van der Waals surface area contributed by atoms with Crippen LogP contribution in [-0.4, -0.2) is 79.2 Å². The van der Waals surface area contributed by atoms with Crippen molar-refractivity contribution in [1.29, 1.82) is 0 Å². The number of morpholine rings is 1. The number of anilines is 2. The standard InChI is InChI=1S/C22H31N5O6S/c1-13-9-21(2,3)12-22(10-13)18(30)27(19(31)25-22)11-14(28)23-16-15(17(29)32-4)34-20(24-16)26-5-7-33-8-6-26/h13H,5-12H2,1-4H3,(H,23,28)(H,25,31)/t13-,22+/m0/s1. The number of thiazole rings is 1. The molecule has 3 aliphatic rings. The Balaban J connectivity index is 1.49. The molecule has 0 radical (unpaired) electrons. The average Bonchev–Trinajstić information content (AvgIpc) is 3.27. The first kappa shape index (κ1) is 24.4. The van der Waals surface area contributed by atoms with Crippen LogP contribution in [0.3, 0.4) is 0 Å². The molecule has 12 heteroatoms. The van der Waals surface area contributed by atoms with Crippen LogP contribution in [0.2, 0.25) is 0 Å². The van der Waals surface area contributed by atoms with Gasteiger partial charge >= 0.3 is 12.0 Å². The van der Waals surface area contributed by atoms with E-state index < -0.39 is 30.0 Å². The molecule has 1 saturated carbocycles. The summed E-state index contributed by atoms with van der Waals surface area (Å²) in [5, 5.41) is 6.02. The molecule has 1 aromatic heterocycles. The molecule has 1 spiro atoms. The predicted molar refractivity (Wildman–Crippen MR) is 125 cm³/mol. The van der Waals surface area contributed by atoms with Gasteiger partial charge in [0.1, 0.15) is 12.1 Å². The maximum absolute atomic E-state index is 13.3. The summed E-state index contributed by atoms with van der Waals surface area (Å²) < 4.78 is 10.2. The Morgan fingerprint density at radius 2 is 1.97 bits per heavy atom. The van der Waals surface area contributed by atoms with E-state index in [0.29, 0.717) is 44.3 Å². The van der Waals surface area contributed by atoms with Gasteiger partial charge in [-0.15, -0.1) is 0 Å². The van der Waals surface area contributed by atoms with Crippen molar-refractivity contribution in [1.82, 2.24) is 15.2 Å². The summed E-state index contributed by atoms with van der Waals surface area (Å²) in [5.41, 5.74) is -1.09. The molecule has 0 bridgehead atoms. The number of aromatic nitrogens is 1. The summed E-state index contributed by atoms with van der Waals surface area (Å²) in [7, 11) is 1.25. The van der Waals surface area contributed by atoms with Crippen LogP contribution >= 0.6 is 11.3 Å². The zero-order valence-electron chi connectivity index (χ0n) is 19.9. The molecule has 3 fully saturated rings. The molecule has 2 saturated heterocycles. The van der Waals surface area contributed by atoms with Crippen LogP contribution in [0.25, 0.3) is 0 Å². The predicted octanol–water partition coefficient (Wildman–Crippen LogP) is 1.84. The number of hydrogen-bond donors (Lipinski definition) is 2. The zero-order valence-corrected chi connectivity index (χ0v) is 20.8. The molecule has 11 nitrogen and oxygen atoms in total. The summed E-state index contributed by atoms with van der Waals surface area (Å²) in [6, 6.07) is -0.578. The fourth-order valence-corrected chi connectivity index (χ4v) is 6.47. The Bertz CT molecular complexity index is 1000. The van der Waals surface area contributed by atoms with E-state index in [2.05, 4.69) is 36.4 Å². The summed E-state index contributed by atoms with van der Waals surface area (Å²) in [5.74, 6) is -1.31. The third-order valence-corrected chi connectivity index (χ3v) is 7.55. The lowest BCUT2D eigenvalue weighted by atomic mass is 9.64. The molecule has 1 aliphatic carbocycles. The van der Waals surface area contributed by atoms with Crippen LogP contribution < -0.4 is 15.5 Å². The van der Waals surface area contributed by atoms with E-state index in [1.807, 2.05) is 4.90 Å². The number of carbonyl (C=O) groups excluding carboxylic acids is 4. The van der Waals surface area contributed by atoms with Gasteiger partial charge in [-0.2, -0.15) is 0 Å². The Labute approximate surface area is 202 Å². The Hall–Kier alpha value is -2.73. The monoisotopic (exact) mass is 493 g/mol. The smallest absolute Gasteiger partial charge is 0.352 e. The number of ether oxygens (including phenoxy) is 2. The first-order valence-electron chi connectivity index (χ1n) is 11.4. The lowest BCUT2D eigenvalue weighted by molar-refractivity contribution is -0.136. The summed E-state index contributed by atoms with van der Waals surface area (Å²) >= 11 is 1.11. The van der Waals surface area contributed by atoms with E-state index in [4.69, 9.17) is 9.47 Å². The number of nitrogens with one attached hydrogen (secondary N) is 2. The van der Waals surface area contributed by atoms with Crippen LogP contribution in [0.4, 0.5) is 15.7 Å².